The fourth-order valence-electron chi connectivity index (χ4n) is 3.20. The Kier molecular flexibility index (Phi) is 5.37. The van der Waals surface area contributed by atoms with E-state index >= 15 is 0 Å². The van der Waals surface area contributed by atoms with Gasteiger partial charge in [-0.25, -0.2) is 9.37 Å². The number of anilines is 1. The first-order valence-electron chi connectivity index (χ1n) is 9.38. The second kappa shape index (κ2) is 8.26. The minimum Gasteiger partial charge on any atom is -0.481 e. The number of hydrogen-bond acceptors (Lipinski definition) is 6. The highest BCUT2D eigenvalue weighted by molar-refractivity contribution is 5.81. The predicted octanol–water partition coefficient (Wildman–Crippen LogP) is 1.92. The summed E-state index contributed by atoms with van der Waals surface area (Å²) in [6.07, 6.45) is 4.53. The van der Waals surface area contributed by atoms with Crippen molar-refractivity contribution in [1.82, 2.24) is 24.6 Å². The Labute approximate surface area is 167 Å². The Morgan fingerprint density at radius 2 is 1.72 bits per heavy atom. The minimum atomic E-state index is -0.638. The van der Waals surface area contributed by atoms with E-state index in [4.69, 9.17) is 4.74 Å². The maximum Gasteiger partial charge on any atom is 0.263 e. The van der Waals surface area contributed by atoms with Crippen LogP contribution in [0.15, 0.2) is 55.1 Å². The number of carbonyl (C=O) groups is 1. The standard InChI is InChI=1S/C20H21FN6O2/c1-15(29-17-4-2-16(21)3-5-17)20(28)26-12-10-25(11-13-26)18-6-7-19(24-23-18)27-9-8-22-14-27/h2-9,14-15H,10-13H2,1H3. The summed E-state index contributed by atoms with van der Waals surface area (Å²) >= 11 is 0. The lowest BCUT2D eigenvalue weighted by Crippen LogP contribution is -2.52. The number of rotatable bonds is 5. The van der Waals surface area contributed by atoms with Crippen molar-refractivity contribution in [1.29, 1.82) is 0 Å². The second-order valence-corrected chi connectivity index (χ2v) is 6.75. The van der Waals surface area contributed by atoms with Crippen molar-refractivity contribution < 1.29 is 13.9 Å². The Morgan fingerprint density at radius 1 is 1.03 bits per heavy atom. The summed E-state index contributed by atoms with van der Waals surface area (Å²) in [6, 6.07) is 9.46. The fraction of sp³-hybridized carbons (Fsp3) is 0.300. The summed E-state index contributed by atoms with van der Waals surface area (Å²) in [5.74, 6) is 1.52. The van der Waals surface area contributed by atoms with E-state index in [0.29, 0.717) is 37.7 Å². The Balaban J connectivity index is 1.31. The zero-order chi connectivity index (χ0) is 20.2. The van der Waals surface area contributed by atoms with Crippen LogP contribution in [-0.2, 0) is 4.79 Å². The summed E-state index contributed by atoms with van der Waals surface area (Å²) in [6.45, 7) is 4.17. The molecule has 1 atom stereocenters. The Hall–Kier alpha value is -3.49. The van der Waals surface area contributed by atoms with Gasteiger partial charge in [0.15, 0.2) is 17.7 Å². The molecule has 1 fully saturated rings. The molecule has 3 heterocycles. The van der Waals surface area contributed by atoms with Gasteiger partial charge in [0.25, 0.3) is 5.91 Å². The first kappa shape index (κ1) is 18.9. The highest BCUT2D eigenvalue weighted by Crippen LogP contribution is 2.17. The minimum absolute atomic E-state index is 0.0875. The van der Waals surface area contributed by atoms with Crippen molar-refractivity contribution >= 4 is 11.7 Å². The molecule has 3 aromatic rings. The van der Waals surface area contributed by atoms with Gasteiger partial charge in [0, 0.05) is 38.6 Å². The number of halogens is 1. The average Bonchev–Trinajstić information content (AvgIpc) is 3.30. The van der Waals surface area contributed by atoms with E-state index in [9.17, 15) is 9.18 Å². The van der Waals surface area contributed by atoms with Crippen LogP contribution in [0.1, 0.15) is 6.92 Å². The van der Waals surface area contributed by atoms with Gasteiger partial charge in [-0.1, -0.05) is 0 Å². The highest BCUT2D eigenvalue weighted by Gasteiger charge is 2.26. The van der Waals surface area contributed by atoms with Crippen LogP contribution in [0.5, 0.6) is 5.75 Å². The third kappa shape index (κ3) is 4.34. The molecule has 150 valence electrons. The van der Waals surface area contributed by atoms with Gasteiger partial charge in [-0.15, -0.1) is 10.2 Å². The van der Waals surface area contributed by atoms with Crippen LogP contribution in [0.2, 0.25) is 0 Å². The van der Waals surface area contributed by atoms with Crippen LogP contribution in [0.4, 0.5) is 10.2 Å². The van der Waals surface area contributed by atoms with Gasteiger partial charge in [0.1, 0.15) is 17.9 Å². The molecule has 0 saturated carbocycles. The molecule has 1 aliphatic heterocycles. The van der Waals surface area contributed by atoms with Crippen molar-refractivity contribution in [3.63, 3.8) is 0 Å². The van der Waals surface area contributed by atoms with E-state index in [1.54, 1.807) is 28.9 Å². The Morgan fingerprint density at radius 3 is 2.34 bits per heavy atom. The third-order valence-electron chi connectivity index (χ3n) is 4.79. The number of benzene rings is 1. The van der Waals surface area contributed by atoms with Crippen LogP contribution >= 0.6 is 0 Å². The normalized spacial score (nSPS) is 15.2. The number of ether oxygens (including phenoxy) is 1. The van der Waals surface area contributed by atoms with E-state index in [1.807, 2.05) is 18.3 Å². The maximum atomic E-state index is 13.0. The number of carbonyl (C=O) groups excluding carboxylic acids is 1. The van der Waals surface area contributed by atoms with E-state index in [1.165, 1.54) is 24.3 Å². The van der Waals surface area contributed by atoms with E-state index in [0.717, 1.165) is 5.82 Å². The summed E-state index contributed by atoms with van der Waals surface area (Å²) in [4.78, 5) is 20.5. The average molecular weight is 396 g/mol. The number of nitrogens with zero attached hydrogens (tertiary/aromatic N) is 6. The van der Waals surface area contributed by atoms with Crippen LogP contribution in [0.3, 0.4) is 0 Å². The first-order chi connectivity index (χ1) is 14.1. The number of imidazole rings is 1. The van der Waals surface area contributed by atoms with Crippen LogP contribution in [0, 0.1) is 5.82 Å². The molecule has 1 amide bonds. The maximum absolute atomic E-state index is 13.0. The number of piperazine rings is 1. The molecular weight excluding hydrogens is 375 g/mol. The zero-order valence-electron chi connectivity index (χ0n) is 16.0. The molecule has 0 bridgehead atoms. The van der Waals surface area contributed by atoms with Crippen molar-refractivity contribution in [3.8, 4) is 11.6 Å². The number of amides is 1. The van der Waals surface area contributed by atoms with Crippen LogP contribution < -0.4 is 9.64 Å². The molecule has 1 aromatic carbocycles. The molecule has 1 saturated heterocycles. The third-order valence-corrected chi connectivity index (χ3v) is 4.79. The van der Waals surface area contributed by atoms with Crippen molar-refractivity contribution in [2.45, 2.75) is 13.0 Å². The SMILES string of the molecule is CC(Oc1ccc(F)cc1)C(=O)N1CCN(c2ccc(-n3ccnc3)nn2)CC1. The van der Waals surface area contributed by atoms with E-state index in [2.05, 4.69) is 20.1 Å². The monoisotopic (exact) mass is 396 g/mol. The topological polar surface area (TPSA) is 76.4 Å². The molecule has 8 nitrogen and oxygen atoms in total. The summed E-state index contributed by atoms with van der Waals surface area (Å²) in [5, 5.41) is 8.53. The number of hydrogen-bond donors (Lipinski definition) is 0. The first-order valence-corrected chi connectivity index (χ1v) is 9.38. The van der Waals surface area contributed by atoms with Crippen molar-refractivity contribution in [2.24, 2.45) is 0 Å². The quantitative estimate of drug-likeness (QED) is 0.656. The molecule has 1 aliphatic rings. The lowest BCUT2D eigenvalue weighted by atomic mass is 10.2. The molecule has 0 radical (unpaired) electrons. The number of aromatic nitrogens is 4. The van der Waals surface area contributed by atoms with Gasteiger partial charge in [-0.2, -0.15) is 0 Å². The lowest BCUT2D eigenvalue weighted by molar-refractivity contribution is -0.138. The molecule has 4 rings (SSSR count). The molecule has 9 heteroatoms. The van der Waals surface area contributed by atoms with Gasteiger partial charge in [-0.05, 0) is 43.3 Å². The fourth-order valence-corrected chi connectivity index (χ4v) is 3.20. The van der Waals surface area contributed by atoms with Crippen LogP contribution in [0.25, 0.3) is 5.82 Å². The molecule has 2 aromatic heterocycles. The van der Waals surface area contributed by atoms with Crippen molar-refractivity contribution in [2.75, 3.05) is 31.1 Å². The Bertz CT molecular complexity index is 938. The lowest BCUT2D eigenvalue weighted by Gasteiger charge is -2.36. The molecule has 29 heavy (non-hydrogen) atoms. The van der Waals surface area contributed by atoms with Gasteiger partial charge in [0.05, 0.1) is 0 Å². The van der Waals surface area contributed by atoms with Gasteiger partial charge >= 0.3 is 0 Å². The van der Waals surface area contributed by atoms with Gasteiger partial charge < -0.3 is 14.5 Å². The smallest absolute Gasteiger partial charge is 0.263 e. The van der Waals surface area contributed by atoms with E-state index < -0.39 is 6.10 Å². The molecule has 0 spiro atoms. The molecule has 0 aliphatic carbocycles. The summed E-state index contributed by atoms with van der Waals surface area (Å²) in [7, 11) is 0. The van der Waals surface area contributed by atoms with E-state index in [-0.39, 0.29) is 11.7 Å². The second-order valence-electron chi connectivity index (χ2n) is 6.75. The van der Waals surface area contributed by atoms with Gasteiger partial charge in [0.2, 0.25) is 0 Å². The summed E-state index contributed by atoms with van der Waals surface area (Å²) in [5.41, 5.74) is 0. The predicted molar refractivity (Wildman–Crippen MR) is 104 cm³/mol. The summed E-state index contributed by atoms with van der Waals surface area (Å²) < 4.78 is 20.4. The highest BCUT2D eigenvalue weighted by atomic mass is 19.1. The molecule has 0 N–H and O–H groups in total. The van der Waals surface area contributed by atoms with Crippen molar-refractivity contribution in [3.05, 3.63) is 60.9 Å². The largest absolute Gasteiger partial charge is 0.481 e. The van der Waals surface area contributed by atoms with Gasteiger partial charge in [-0.3, -0.25) is 9.36 Å². The molecule has 1 unspecified atom stereocenters. The van der Waals surface area contributed by atoms with Crippen LogP contribution in [-0.4, -0.2) is 62.8 Å². The molecular formula is C20H21FN6O2. The zero-order valence-corrected chi connectivity index (χ0v) is 16.0.